The smallest absolute Gasteiger partial charge is 0.273 e. The van der Waals surface area contributed by atoms with Crippen LogP contribution < -0.4 is 10.6 Å². The zero-order valence-electron chi connectivity index (χ0n) is 22.1. The van der Waals surface area contributed by atoms with Crippen molar-refractivity contribution in [3.63, 3.8) is 0 Å². The van der Waals surface area contributed by atoms with Gasteiger partial charge in [-0.2, -0.15) is 0 Å². The van der Waals surface area contributed by atoms with E-state index in [9.17, 15) is 18.4 Å². The van der Waals surface area contributed by atoms with Crippen LogP contribution in [0.15, 0.2) is 59.1 Å². The fraction of sp³-hybridized carbons (Fsp3) is 0.433. The van der Waals surface area contributed by atoms with Crippen molar-refractivity contribution >= 4 is 11.8 Å². The number of rotatable bonds is 8. The van der Waals surface area contributed by atoms with E-state index in [0.29, 0.717) is 38.6 Å². The summed E-state index contributed by atoms with van der Waals surface area (Å²) in [5.74, 6) is -2.59. The average Bonchev–Trinajstić information content (AvgIpc) is 3.38. The Morgan fingerprint density at radius 2 is 1.85 bits per heavy atom. The SMILES string of the molecule is O=C(N[C@@H]1CCN(C2CCC2)C[C@H]1C(=O)NC1(Cc2ccccc2)COC1)c1cc(-c2ccc(F)cc2F)on1. The van der Waals surface area contributed by atoms with Crippen molar-refractivity contribution in [1.82, 2.24) is 20.7 Å². The molecule has 10 heteroatoms. The molecule has 2 aliphatic heterocycles. The number of hydrogen-bond acceptors (Lipinski definition) is 6. The van der Waals surface area contributed by atoms with Gasteiger partial charge in [-0.25, -0.2) is 8.78 Å². The maximum Gasteiger partial charge on any atom is 0.273 e. The van der Waals surface area contributed by atoms with Gasteiger partial charge in [0, 0.05) is 43.7 Å². The van der Waals surface area contributed by atoms with Gasteiger partial charge >= 0.3 is 0 Å². The number of carbonyl (C=O) groups is 2. The van der Waals surface area contributed by atoms with E-state index in [1.54, 1.807) is 0 Å². The molecule has 1 aromatic heterocycles. The Kier molecular flexibility index (Phi) is 7.37. The summed E-state index contributed by atoms with van der Waals surface area (Å²) in [6, 6.07) is 14.5. The molecule has 2 amide bonds. The van der Waals surface area contributed by atoms with Gasteiger partial charge in [0.1, 0.15) is 11.6 Å². The molecule has 0 bridgehead atoms. The Hall–Kier alpha value is -3.63. The zero-order chi connectivity index (χ0) is 27.7. The molecule has 210 valence electrons. The Labute approximate surface area is 231 Å². The van der Waals surface area contributed by atoms with E-state index in [1.807, 2.05) is 30.3 Å². The normalized spacial score (nSPS) is 22.6. The van der Waals surface area contributed by atoms with Crippen LogP contribution in [0.2, 0.25) is 0 Å². The maximum atomic E-state index is 14.2. The van der Waals surface area contributed by atoms with Gasteiger partial charge in [-0.15, -0.1) is 0 Å². The lowest BCUT2D eigenvalue weighted by Gasteiger charge is -2.47. The highest BCUT2D eigenvalue weighted by molar-refractivity contribution is 5.94. The molecule has 0 unspecified atom stereocenters. The van der Waals surface area contributed by atoms with Gasteiger partial charge in [0.05, 0.1) is 30.2 Å². The van der Waals surface area contributed by atoms with Crippen molar-refractivity contribution in [3.05, 3.63) is 77.5 Å². The van der Waals surface area contributed by atoms with Crippen molar-refractivity contribution in [3.8, 4) is 11.3 Å². The molecule has 1 aliphatic carbocycles. The van der Waals surface area contributed by atoms with Gasteiger partial charge in [0.2, 0.25) is 5.91 Å². The summed E-state index contributed by atoms with van der Waals surface area (Å²) in [5, 5.41) is 10.1. The number of aromatic nitrogens is 1. The summed E-state index contributed by atoms with van der Waals surface area (Å²) < 4.78 is 38.2. The highest BCUT2D eigenvalue weighted by atomic mass is 19.1. The van der Waals surface area contributed by atoms with Crippen LogP contribution in [0.25, 0.3) is 11.3 Å². The number of nitrogens with one attached hydrogen (secondary N) is 2. The number of likely N-dealkylation sites (tertiary alicyclic amines) is 1. The molecular weight excluding hydrogens is 518 g/mol. The van der Waals surface area contributed by atoms with Crippen molar-refractivity contribution in [2.45, 2.75) is 49.7 Å². The van der Waals surface area contributed by atoms with E-state index in [4.69, 9.17) is 9.26 Å². The van der Waals surface area contributed by atoms with Crippen LogP contribution in [0.4, 0.5) is 8.78 Å². The summed E-state index contributed by atoms with van der Waals surface area (Å²) >= 11 is 0. The molecule has 6 rings (SSSR count). The number of piperidine rings is 1. The summed E-state index contributed by atoms with van der Waals surface area (Å²) in [6.07, 6.45) is 4.72. The number of benzene rings is 2. The van der Waals surface area contributed by atoms with E-state index >= 15 is 0 Å². The van der Waals surface area contributed by atoms with Crippen LogP contribution in [-0.4, -0.2) is 65.8 Å². The first kappa shape index (κ1) is 26.6. The van der Waals surface area contributed by atoms with Gasteiger partial charge in [-0.05, 0) is 37.0 Å². The summed E-state index contributed by atoms with van der Waals surface area (Å²) in [6.45, 7) is 2.20. The molecule has 2 saturated heterocycles. The van der Waals surface area contributed by atoms with Crippen molar-refractivity contribution in [1.29, 1.82) is 0 Å². The lowest BCUT2D eigenvalue weighted by molar-refractivity contribution is -0.139. The fourth-order valence-corrected chi connectivity index (χ4v) is 5.85. The lowest BCUT2D eigenvalue weighted by Crippen LogP contribution is -2.67. The van der Waals surface area contributed by atoms with Crippen LogP contribution in [0.1, 0.15) is 41.7 Å². The predicted molar refractivity (Wildman–Crippen MR) is 142 cm³/mol. The summed E-state index contributed by atoms with van der Waals surface area (Å²) in [4.78, 5) is 29.4. The van der Waals surface area contributed by atoms with Crippen LogP contribution in [-0.2, 0) is 16.0 Å². The molecule has 1 saturated carbocycles. The first-order chi connectivity index (χ1) is 19.4. The van der Waals surface area contributed by atoms with Crippen molar-refractivity contribution in [2.24, 2.45) is 5.92 Å². The Morgan fingerprint density at radius 1 is 1.05 bits per heavy atom. The van der Waals surface area contributed by atoms with E-state index in [0.717, 1.165) is 37.1 Å². The van der Waals surface area contributed by atoms with Gasteiger partial charge in [0.25, 0.3) is 5.91 Å². The van der Waals surface area contributed by atoms with Gasteiger partial charge in [-0.1, -0.05) is 41.9 Å². The molecule has 3 fully saturated rings. The number of ether oxygens (including phenoxy) is 1. The van der Waals surface area contributed by atoms with Gasteiger partial charge in [0.15, 0.2) is 11.5 Å². The Morgan fingerprint density at radius 3 is 2.52 bits per heavy atom. The molecular formula is C30H32F2N4O4. The van der Waals surface area contributed by atoms with E-state index in [1.165, 1.54) is 18.6 Å². The lowest BCUT2D eigenvalue weighted by atomic mass is 9.83. The van der Waals surface area contributed by atoms with Gasteiger partial charge < -0.3 is 19.9 Å². The molecule has 2 N–H and O–H groups in total. The minimum Gasteiger partial charge on any atom is -0.376 e. The molecule has 40 heavy (non-hydrogen) atoms. The maximum absolute atomic E-state index is 14.2. The quantitative estimate of drug-likeness (QED) is 0.444. The second-order valence-corrected chi connectivity index (χ2v) is 11.2. The molecule has 0 radical (unpaired) electrons. The minimum absolute atomic E-state index is 0.00504. The van der Waals surface area contributed by atoms with Crippen LogP contribution in [0.3, 0.4) is 0 Å². The third-order valence-electron chi connectivity index (χ3n) is 8.36. The third kappa shape index (κ3) is 5.51. The third-order valence-corrected chi connectivity index (χ3v) is 8.36. The number of carbonyl (C=O) groups excluding carboxylic acids is 2. The van der Waals surface area contributed by atoms with E-state index < -0.39 is 35.0 Å². The van der Waals surface area contributed by atoms with E-state index in [2.05, 4.69) is 20.7 Å². The van der Waals surface area contributed by atoms with E-state index in [-0.39, 0.29) is 22.9 Å². The van der Waals surface area contributed by atoms with Crippen molar-refractivity contribution in [2.75, 3.05) is 26.3 Å². The fourth-order valence-electron chi connectivity index (χ4n) is 5.85. The summed E-state index contributed by atoms with van der Waals surface area (Å²) in [7, 11) is 0. The van der Waals surface area contributed by atoms with Gasteiger partial charge in [-0.3, -0.25) is 14.5 Å². The number of nitrogens with zero attached hydrogens (tertiary/aromatic N) is 2. The number of amides is 2. The first-order valence-electron chi connectivity index (χ1n) is 13.8. The molecule has 2 aromatic carbocycles. The second-order valence-electron chi connectivity index (χ2n) is 11.2. The highest BCUT2D eigenvalue weighted by Crippen LogP contribution is 2.31. The highest BCUT2D eigenvalue weighted by Gasteiger charge is 2.45. The molecule has 3 aliphatic rings. The predicted octanol–water partition coefficient (Wildman–Crippen LogP) is 3.72. The van der Waals surface area contributed by atoms with Crippen LogP contribution >= 0.6 is 0 Å². The number of hydrogen-bond donors (Lipinski definition) is 2. The Balaban J connectivity index is 1.17. The van der Waals surface area contributed by atoms with Crippen molar-refractivity contribution < 1.29 is 27.6 Å². The Bertz CT molecular complexity index is 1370. The number of halogens is 2. The summed E-state index contributed by atoms with van der Waals surface area (Å²) in [5.41, 5.74) is 0.610. The molecule has 2 atom stereocenters. The second kappa shape index (κ2) is 11.1. The molecule has 3 aromatic rings. The standard InChI is InChI=1S/C30H32F2N4O4/c31-20-9-10-22(24(32)13-20)27-14-26(35-40-27)29(38)33-25-11-12-36(21-7-4-8-21)16-23(25)28(37)34-30(17-39-18-30)15-19-5-2-1-3-6-19/h1-3,5-6,9-10,13-14,21,23,25H,4,7-8,11-12,15-18H2,(H,33,38)(H,34,37)/t23-,25-/m1/s1. The first-order valence-corrected chi connectivity index (χ1v) is 13.8. The largest absolute Gasteiger partial charge is 0.376 e. The molecule has 0 spiro atoms. The zero-order valence-corrected chi connectivity index (χ0v) is 22.1. The van der Waals surface area contributed by atoms with Crippen LogP contribution in [0.5, 0.6) is 0 Å². The average molecular weight is 551 g/mol. The topological polar surface area (TPSA) is 96.7 Å². The minimum atomic E-state index is -0.812. The van der Waals surface area contributed by atoms with Crippen LogP contribution in [0, 0.1) is 17.6 Å². The monoisotopic (exact) mass is 550 g/mol. The molecule has 3 heterocycles. The molecule has 8 nitrogen and oxygen atoms in total.